The third-order valence-electron chi connectivity index (χ3n) is 9.98. The van der Waals surface area contributed by atoms with E-state index in [4.69, 9.17) is 19.2 Å². The molecule has 0 bridgehead atoms. The monoisotopic (exact) mass is 726 g/mol. The Morgan fingerprint density at radius 3 is 2.45 bits per heavy atom. The number of halogens is 1. The maximum Gasteiger partial charge on any atom is 0.308 e. The molecule has 0 radical (unpaired) electrons. The number of esters is 1. The number of hydrazine groups is 1. The molecule has 2 aromatic carbocycles. The number of piperazine rings is 1. The SMILES string of the molecule is CC(C)c1nc2c(c(-c3ccc(F)cc3)c1/C=C/[C@@H]1C[C@H](CC(=O)OC(C)(C)C)OC(C)(C)O1)CCCc1ccc(C(=O)NN3CCN(C)CC3)cc1-2. The van der Waals surface area contributed by atoms with Crippen molar-refractivity contribution in [2.75, 3.05) is 33.2 Å². The molecule has 1 amide bonds. The van der Waals surface area contributed by atoms with Gasteiger partial charge in [0.1, 0.15) is 11.4 Å². The Kier molecular flexibility index (Phi) is 11.5. The number of benzene rings is 2. The standard InChI is InChI=1S/C43H55FN4O5/c1-27(2)39-35(19-18-32-25-33(52-43(6,7)51-32)26-37(49)53-42(3,4)5)38(29-14-16-31(44)17-15-29)34-11-9-10-28-12-13-30(24-36(28)40(34)45-39)41(50)46-48-22-20-47(8)21-23-48/h12-19,24,27,32-33H,9-11,20-23,25-26H2,1-8H3,(H,46,50)/b19-18+/t32-,33-/m1/s1. The molecule has 2 saturated heterocycles. The van der Waals surface area contributed by atoms with Crippen LogP contribution < -0.4 is 5.43 Å². The Balaban J connectivity index is 1.41. The van der Waals surface area contributed by atoms with Crippen LogP contribution >= 0.6 is 0 Å². The number of rotatable bonds is 8. The second-order valence-corrected chi connectivity index (χ2v) is 16.4. The summed E-state index contributed by atoms with van der Waals surface area (Å²) in [6, 6.07) is 12.7. The van der Waals surface area contributed by atoms with E-state index in [2.05, 4.69) is 43.4 Å². The maximum atomic E-state index is 14.4. The predicted octanol–water partition coefficient (Wildman–Crippen LogP) is 7.71. The summed E-state index contributed by atoms with van der Waals surface area (Å²) in [5, 5.41) is 1.99. The zero-order valence-corrected chi connectivity index (χ0v) is 32.6. The summed E-state index contributed by atoms with van der Waals surface area (Å²) in [4.78, 5) is 34.0. The van der Waals surface area contributed by atoms with Crippen LogP contribution in [0.3, 0.4) is 0 Å². The molecule has 10 heteroatoms. The Hall–Kier alpha value is -3.96. The number of carbonyl (C=O) groups is 2. The predicted molar refractivity (Wildman–Crippen MR) is 206 cm³/mol. The van der Waals surface area contributed by atoms with Gasteiger partial charge in [0.15, 0.2) is 5.79 Å². The van der Waals surface area contributed by atoms with E-state index < -0.39 is 11.4 Å². The Morgan fingerprint density at radius 1 is 1.06 bits per heavy atom. The molecule has 53 heavy (non-hydrogen) atoms. The van der Waals surface area contributed by atoms with Crippen molar-refractivity contribution in [2.24, 2.45) is 0 Å². The third kappa shape index (κ3) is 9.59. The topological polar surface area (TPSA) is 93.2 Å². The van der Waals surface area contributed by atoms with Crippen molar-refractivity contribution in [3.05, 3.63) is 82.3 Å². The molecule has 3 aromatic rings. The Morgan fingerprint density at radius 2 is 1.77 bits per heavy atom. The number of aromatic nitrogens is 1. The number of likely N-dealkylation sites (N-methyl/N-ethyl adjacent to an activating group) is 1. The van der Waals surface area contributed by atoms with Crippen LogP contribution in [0.4, 0.5) is 4.39 Å². The van der Waals surface area contributed by atoms with E-state index in [0.29, 0.717) is 12.0 Å². The molecule has 2 atom stereocenters. The molecular formula is C43H55FN4O5. The lowest BCUT2D eigenvalue weighted by molar-refractivity contribution is -0.290. The summed E-state index contributed by atoms with van der Waals surface area (Å²) >= 11 is 0. The van der Waals surface area contributed by atoms with Crippen LogP contribution in [0.15, 0.2) is 48.5 Å². The highest BCUT2D eigenvalue weighted by Gasteiger charge is 2.36. The molecule has 2 aliphatic heterocycles. The summed E-state index contributed by atoms with van der Waals surface area (Å²) in [6.07, 6.45) is 6.53. The van der Waals surface area contributed by atoms with Crippen LogP contribution in [0, 0.1) is 5.82 Å². The molecule has 2 fully saturated rings. The van der Waals surface area contributed by atoms with E-state index in [9.17, 15) is 14.0 Å². The summed E-state index contributed by atoms with van der Waals surface area (Å²) in [5.74, 6) is -1.61. The molecule has 3 heterocycles. The molecule has 1 aliphatic carbocycles. The van der Waals surface area contributed by atoms with Gasteiger partial charge in [-0.25, -0.2) is 9.40 Å². The quantitative estimate of drug-likeness (QED) is 0.236. The molecular weight excluding hydrogens is 671 g/mol. The number of hydrogen-bond acceptors (Lipinski definition) is 8. The van der Waals surface area contributed by atoms with Gasteiger partial charge in [0.25, 0.3) is 5.91 Å². The highest BCUT2D eigenvalue weighted by atomic mass is 19.1. The zero-order chi connectivity index (χ0) is 38.1. The van der Waals surface area contributed by atoms with Gasteiger partial charge in [-0.1, -0.05) is 44.2 Å². The minimum atomic E-state index is -0.912. The van der Waals surface area contributed by atoms with Crippen LogP contribution in [0.5, 0.6) is 0 Å². The number of aryl methyl sites for hydroxylation is 1. The van der Waals surface area contributed by atoms with E-state index in [1.165, 1.54) is 12.1 Å². The maximum absolute atomic E-state index is 14.4. The van der Waals surface area contributed by atoms with E-state index in [1.54, 1.807) is 0 Å². The number of hydrogen-bond donors (Lipinski definition) is 1. The van der Waals surface area contributed by atoms with Crippen molar-refractivity contribution in [2.45, 2.75) is 110 Å². The van der Waals surface area contributed by atoms with Gasteiger partial charge in [-0.15, -0.1) is 0 Å². The van der Waals surface area contributed by atoms with Gasteiger partial charge in [0, 0.05) is 49.3 Å². The van der Waals surface area contributed by atoms with E-state index in [-0.39, 0.29) is 42.2 Å². The van der Waals surface area contributed by atoms with Crippen molar-refractivity contribution in [1.29, 1.82) is 0 Å². The van der Waals surface area contributed by atoms with Gasteiger partial charge in [0.05, 0.1) is 30.0 Å². The summed E-state index contributed by atoms with van der Waals surface area (Å²) in [7, 11) is 2.09. The van der Waals surface area contributed by atoms with E-state index in [0.717, 1.165) is 90.2 Å². The average molecular weight is 727 g/mol. The largest absolute Gasteiger partial charge is 0.460 e. The van der Waals surface area contributed by atoms with Crippen LogP contribution in [0.25, 0.3) is 28.5 Å². The van der Waals surface area contributed by atoms with Gasteiger partial charge in [-0.2, -0.15) is 0 Å². The van der Waals surface area contributed by atoms with Crippen LogP contribution in [-0.2, 0) is 31.8 Å². The molecule has 1 aromatic heterocycles. The normalized spacial score (nSPS) is 20.9. The number of amides is 1. The molecule has 284 valence electrons. The summed E-state index contributed by atoms with van der Waals surface area (Å²) in [5.41, 5.74) is 10.9. The van der Waals surface area contributed by atoms with Gasteiger partial charge in [-0.05, 0) is 113 Å². The number of pyridine rings is 1. The van der Waals surface area contributed by atoms with Gasteiger partial charge in [-0.3, -0.25) is 20.0 Å². The lowest BCUT2D eigenvalue weighted by atomic mass is 9.86. The van der Waals surface area contributed by atoms with Crippen LogP contribution in [-0.4, -0.2) is 83.6 Å². The van der Waals surface area contributed by atoms with Crippen molar-refractivity contribution >= 4 is 18.0 Å². The number of carbonyl (C=O) groups excluding carboxylic acids is 2. The minimum absolute atomic E-state index is 0.0431. The van der Waals surface area contributed by atoms with Crippen molar-refractivity contribution < 1.29 is 28.2 Å². The fourth-order valence-corrected chi connectivity index (χ4v) is 7.58. The average Bonchev–Trinajstić information content (AvgIpc) is 3.25. The molecule has 3 aliphatic rings. The summed E-state index contributed by atoms with van der Waals surface area (Å²) in [6.45, 7) is 16.9. The first kappa shape index (κ1) is 38.8. The van der Waals surface area contributed by atoms with Crippen molar-refractivity contribution in [3.63, 3.8) is 0 Å². The fraction of sp³-hybridized carbons (Fsp3) is 0.512. The zero-order valence-electron chi connectivity index (χ0n) is 32.6. The fourth-order valence-electron chi connectivity index (χ4n) is 7.58. The molecule has 6 rings (SSSR count). The van der Waals surface area contributed by atoms with E-state index in [1.807, 2.05) is 70.0 Å². The van der Waals surface area contributed by atoms with Crippen LogP contribution in [0.1, 0.15) is 106 Å². The lowest BCUT2D eigenvalue weighted by Gasteiger charge is -2.40. The number of nitrogens with one attached hydrogen (secondary N) is 1. The lowest BCUT2D eigenvalue weighted by Crippen LogP contribution is -2.52. The van der Waals surface area contributed by atoms with Gasteiger partial charge < -0.3 is 19.1 Å². The third-order valence-corrected chi connectivity index (χ3v) is 9.98. The number of fused-ring (bicyclic) bond motifs is 3. The Labute approximate surface area is 313 Å². The smallest absolute Gasteiger partial charge is 0.308 e. The first-order valence-electron chi connectivity index (χ1n) is 19.0. The number of nitrogens with zero attached hydrogens (tertiary/aromatic N) is 3. The second-order valence-electron chi connectivity index (χ2n) is 16.4. The molecule has 0 saturated carbocycles. The van der Waals surface area contributed by atoms with Gasteiger partial charge >= 0.3 is 5.97 Å². The van der Waals surface area contributed by atoms with Crippen LogP contribution in [0.2, 0.25) is 0 Å². The molecule has 9 nitrogen and oxygen atoms in total. The molecule has 0 unspecified atom stereocenters. The number of ether oxygens (including phenoxy) is 3. The summed E-state index contributed by atoms with van der Waals surface area (Å²) < 4.78 is 32.5. The highest BCUT2D eigenvalue weighted by Crippen LogP contribution is 2.43. The minimum Gasteiger partial charge on any atom is -0.460 e. The van der Waals surface area contributed by atoms with Crippen molar-refractivity contribution in [1.82, 2.24) is 20.3 Å². The molecule has 1 N–H and O–H groups in total. The van der Waals surface area contributed by atoms with E-state index >= 15 is 0 Å². The Bertz CT molecular complexity index is 1840. The molecule has 0 spiro atoms. The van der Waals surface area contributed by atoms with Gasteiger partial charge in [0.2, 0.25) is 0 Å². The second kappa shape index (κ2) is 15.8. The first-order valence-corrected chi connectivity index (χ1v) is 19.0. The van der Waals surface area contributed by atoms with Crippen molar-refractivity contribution in [3.8, 4) is 22.4 Å². The first-order chi connectivity index (χ1) is 25.0. The highest BCUT2D eigenvalue weighted by molar-refractivity contribution is 5.96.